The predicted molar refractivity (Wildman–Crippen MR) is 117 cm³/mol. The van der Waals surface area contributed by atoms with E-state index in [1.165, 1.54) is 23.6 Å². The Hall–Kier alpha value is -3.08. The van der Waals surface area contributed by atoms with Crippen LogP contribution in [0.4, 0.5) is 26.3 Å². The summed E-state index contributed by atoms with van der Waals surface area (Å²) >= 11 is 0. The number of aliphatic imine (C=N–C) groups is 1. The summed E-state index contributed by atoms with van der Waals surface area (Å²) in [5, 5.41) is 1.20. The number of primary amides is 1. The quantitative estimate of drug-likeness (QED) is 0.273. The largest absolute Gasteiger partial charge is 0.416 e. The molecule has 34 heavy (non-hydrogen) atoms. The van der Waals surface area contributed by atoms with E-state index in [1.54, 1.807) is 19.9 Å². The number of benzene rings is 1. The molecule has 1 amide bonds. The van der Waals surface area contributed by atoms with Gasteiger partial charge in [0.25, 0.3) is 5.91 Å². The number of nitrogens with zero attached hydrogens (tertiary/aromatic N) is 2. The fourth-order valence-electron chi connectivity index (χ4n) is 3.34. The Balaban J connectivity index is 2.55. The number of carbonyl (C=O) groups is 1. The number of nitrogens with two attached hydrogens (primary N) is 1. The van der Waals surface area contributed by atoms with E-state index in [0.717, 1.165) is 0 Å². The van der Waals surface area contributed by atoms with Crippen molar-refractivity contribution in [2.45, 2.75) is 45.1 Å². The molecule has 0 radical (unpaired) electrons. The summed E-state index contributed by atoms with van der Waals surface area (Å²) in [6, 6.07) is 0.485. The third kappa shape index (κ3) is 6.96. The highest BCUT2D eigenvalue weighted by molar-refractivity contribution is 6.05. The lowest BCUT2D eigenvalue weighted by molar-refractivity contribution is -0.143. The third-order valence-electron chi connectivity index (χ3n) is 5.36. The first kappa shape index (κ1) is 27.2. The highest BCUT2D eigenvalue weighted by atomic mass is 19.4. The van der Waals surface area contributed by atoms with Gasteiger partial charge in [-0.15, -0.1) is 0 Å². The van der Waals surface area contributed by atoms with Gasteiger partial charge < -0.3 is 5.73 Å². The second-order valence-electron chi connectivity index (χ2n) is 7.81. The van der Waals surface area contributed by atoms with Crippen LogP contribution in [0.2, 0.25) is 0 Å². The van der Waals surface area contributed by atoms with Crippen LogP contribution >= 0.6 is 0 Å². The monoisotopic (exact) mass is 488 g/mol. The Morgan fingerprint density at radius 3 is 2.21 bits per heavy atom. The molecule has 3 N–H and O–H groups in total. The van der Waals surface area contributed by atoms with Crippen LogP contribution in [0, 0.1) is 5.92 Å². The summed E-state index contributed by atoms with van der Waals surface area (Å²) in [5.74, 6) is -1.18. The maximum atomic E-state index is 13.4. The molecule has 0 bridgehead atoms. The fourth-order valence-corrected chi connectivity index (χ4v) is 3.34. The number of halogens is 6. The molecule has 0 aromatic heterocycles. The van der Waals surface area contributed by atoms with Gasteiger partial charge in [0.1, 0.15) is 0 Å². The molecule has 186 valence electrons. The molecular formula is C23H26F6N4O. The van der Waals surface area contributed by atoms with Crippen molar-refractivity contribution in [2.24, 2.45) is 16.6 Å². The van der Waals surface area contributed by atoms with Crippen LogP contribution < -0.4 is 11.2 Å². The normalized spacial score (nSPS) is 16.6. The molecule has 1 aliphatic heterocycles. The lowest BCUT2D eigenvalue weighted by Crippen LogP contribution is -2.37. The van der Waals surface area contributed by atoms with Crippen LogP contribution in [0.15, 0.2) is 59.4 Å². The van der Waals surface area contributed by atoms with Gasteiger partial charge in [-0.2, -0.15) is 26.3 Å². The second-order valence-corrected chi connectivity index (χ2v) is 7.81. The SMILES string of the molecule is C=CN(/C=C(\C(N)=O)C1=CCCN=C1)NC(c1cc(C(F)(F)F)cc(C(F)(F)F)c1)C(C)CC. The van der Waals surface area contributed by atoms with Crippen LogP contribution in [-0.4, -0.2) is 23.7 Å². The summed E-state index contributed by atoms with van der Waals surface area (Å²) in [6.07, 6.45) is -3.19. The second kappa shape index (κ2) is 10.9. The predicted octanol–water partition coefficient (Wildman–Crippen LogP) is 5.53. The van der Waals surface area contributed by atoms with Crippen LogP contribution in [0.5, 0.6) is 0 Å². The maximum Gasteiger partial charge on any atom is 0.416 e. The van der Waals surface area contributed by atoms with Crippen molar-refractivity contribution < 1.29 is 31.1 Å². The zero-order chi connectivity index (χ0) is 25.7. The van der Waals surface area contributed by atoms with Crippen molar-refractivity contribution in [1.82, 2.24) is 10.4 Å². The van der Waals surface area contributed by atoms with Crippen molar-refractivity contribution in [1.29, 1.82) is 0 Å². The summed E-state index contributed by atoms with van der Waals surface area (Å²) < 4.78 is 80.3. The van der Waals surface area contributed by atoms with Gasteiger partial charge in [0.15, 0.2) is 0 Å². The molecule has 11 heteroatoms. The van der Waals surface area contributed by atoms with Gasteiger partial charge in [0.2, 0.25) is 0 Å². The van der Waals surface area contributed by atoms with E-state index in [9.17, 15) is 31.1 Å². The molecule has 0 saturated heterocycles. The summed E-state index contributed by atoms with van der Waals surface area (Å²) in [4.78, 5) is 16.1. The van der Waals surface area contributed by atoms with Crippen molar-refractivity contribution in [3.05, 3.63) is 71.1 Å². The Labute approximate surface area is 193 Å². The van der Waals surface area contributed by atoms with E-state index >= 15 is 0 Å². The van der Waals surface area contributed by atoms with Crippen molar-refractivity contribution >= 4 is 12.1 Å². The molecule has 0 fully saturated rings. The van der Waals surface area contributed by atoms with E-state index in [4.69, 9.17) is 5.73 Å². The lowest BCUT2D eigenvalue weighted by atomic mass is 9.90. The molecular weight excluding hydrogens is 462 g/mol. The molecule has 1 aliphatic rings. The Kier molecular flexibility index (Phi) is 8.71. The van der Waals surface area contributed by atoms with Crippen LogP contribution in [0.1, 0.15) is 49.4 Å². The zero-order valence-electron chi connectivity index (χ0n) is 18.7. The standard InChI is InChI=1S/C23H26F6N4O/c1-4-14(3)20(16-9-17(22(24,25)26)11-18(10-16)23(27,28)29)32-33(5-2)13-19(21(30)34)15-7-6-8-31-12-15/h5,7,9-14,20,32H,2,4,6,8H2,1,3H3,(H2,30,34)/b19-13-. The van der Waals surface area contributed by atoms with Crippen LogP contribution in [0.3, 0.4) is 0 Å². The minimum atomic E-state index is -4.97. The van der Waals surface area contributed by atoms with Crippen molar-refractivity contribution in [2.75, 3.05) is 6.54 Å². The Morgan fingerprint density at radius 2 is 1.79 bits per heavy atom. The molecule has 2 rings (SSSR count). The maximum absolute atomic E-state index is 13.4. The van der Waals surface area contributed by atoms with Crippen molar-refractivity contribution in [3.8, 4) is 0 Å². The number of alkyl halides is 6. The number of hydrogen-bond donors (Lipinski definition) is 2. The van der Waals surface area contributed by atoms with Crippen molar-refractivity contribution in [3.63, 3.8) is 0 Å². The molecule has 0 aliphatic carbocycles. The van der Waals surface area contributed by atoms with E-state index in [-0.39, 0.29) is 17.2 Å². The molecule has 0 spiro atoms. The van der Waals surface area contributed by atoms with E-state index in [2.05, 4.69) is 17.0 Å². The number of hydrogen-bond acceptors (Lipinski definition) is 4. The molecule has 2 unspecified atom stereocenters. The lowest BCUT2D eigenvalue weighted by Gasteiger charge is -2.31. The number of rotatable bonds is 9. The number of nitrogens with one attached hydrogen (secondary N) is 1. The smallest absolute Gasteiger partial charge is 0.366 e. The van der Waals surface area contributed by atoms with E-state index in [0.29, 0.717) is 37.1 Å². The third-order valence-corrected chi connectivity index (χ3v) is 5.36. The van der Waals surface area contributed by atoms with Gasteiger partial charge >= 0.3 is 12.4 Å². The first-order valence-corrected chi connectivity index (χ1v) is 10.5. The number of amides is 1. The topological polar surface area (TPSA) is 70.7 Å². The molecule has 2 atom stereocenters. The van der Waals surface area contributed by atoms with Crippen LogP contribution in [-0.2, 0) is 17.1 Å². The number of dihydropyridines is 1. The van der Waals surface area contributed by atoms with Gasteiger partial charge in [-0.25, -0.2) is 5.43 Å². The summed E-state index contributed by atoms with van der Waals surface area (Å²) in [7, 11) is 0. The molecule has 1 aromatic rings. The van der Waals surface area contributed by atoms with Gasteiger partial charge in [-0.1, -0.05) is 32.9 Å². The minimum Gasteiger partial charge on any atom is -0.366 e. The van der Waals surface area contributed by atoms with Crippen LogP contribution in [0.25, 0.3) is 0 Å². The highest BCUT2D eigenvalue weighted by Gasteiger charge is 2.38. The number of hydrazine groups is 1. The van der Waals surface area contributed by atoms with E-state index < -0.39 is 41.3 Å². The first-order chi connectivity index (χ1) is 15.8. The fraction of sp³-hybridized carbons (Fsp3) is 0.391. The average Bonchev–Trinajstić information content (AvgIpc) is 2.77. The minimum absolute atomic E-state index is 0.0544. The van der Waals surface area contributed by atoms with Gasteiger partial charge in [0.05, 0.1) is 22.7 Å². The Bertz CT molecular complexity index is 962. The molecule has 0 saturated carbocycles. The highest BCUT2D eigenvalue weighted by Crippen LogP contribution is 2.39. The molecule has 5 nitrogen and oxygen atoms in total. The Morgan fingerprint density at radius 1 is 1.21 bits per heavy atom. The van der Waals surface area contributed by atoms with Gasteiger partial charge in [-0.05, 0) is 36.1 Å². The number of carbonyl (C=O) groups excluding carboxylic acids is 1. The first-order valence-electron chi connectivity index (χ1n) is 10.5. The summed E-state index contributed by atoms with van der Waals surface area (Å²) in [6.45, 7) is 7.60. The summed E-state index contributed by atoms with van der Waals surface area (Å²) in [5.41, 5.74) is 5.84. The zero-order valence-corrected chi connectivity index (χ0v) is 18.7. The average molecular weight is 488 g/mol. The van der Waals surface area contributed by atoms with Gasteiger partial charge in [0, 0.05) is 30.7 Å². The van der Waals surface area contributed by atoms with Gasteiger partial charge in [-0.3, -0.25) is 14.8 Å². The molecule has 1 heterocycles. The van der Waals surface area contributed by atoms with E-state index in [1.807, 2.05) is 0 Å². The molecule has 1 aromatic carbocycles.